The van der Waals surface area contributed by atoms with E-state index in [1.54, 1.807) is 13.2 Å². The van der Waals surface area contributed by atoms with Crippen LogP contribution in [0.1, 0.15) is 22.7 Å². The Morgan fingerprint density at radius 2 is 1.75 bits per heavy atom. The molecule has 0 amide bonds. The van der Waals surface area contributed by atoms with Crippen molar-refractivity contribution >= 4 is 23.2 Å². The minimum Gasteiger partial charge on any atom is -0.496 e. The number of hydrazine groups is 1. The van der Waals surface area contributed by atoms with Gasteiger partial charge in [0.1, 0.15) is 5.75 Å². The van der Waals surface area contributed by atoms with Gasteiger partial charge in [-0.25, -0.2) is 5.43 Å². The fourth-order valence-electron chi connectivity index (χ4n) is 2.19. The van der Waals surface area contributed by atoms with Gasteiger partial charge in [-0.15, -0.1) is 0 Å². The van der Waals surface area contributed by atoms with Gasteiger partial charge in [-0.05, 0) is 36.8 Å². The Labute approximate surface area is 128 Å². The Morgan fingerprint density at radius 3 is 2.30 bits per heavy atom. The maximum absolute atomic E-state index is 6.06. The number of ether oxygens (including phenoxy) is 1. The van der Waals surface area contributed by atoms with E-state index in [-0.39, 0.29) is 6.04 Å². The van der Waals surface area contributed by atoms with Gasteiger partial charge < -0.3 is 4.74 Å². The molecule has 0 aliphatic rings. The minimum absolute atomic E-state index is 0.249. The molecule has 1 atom stereocenters. The SMILES string of the molecule is COc1ccc(C)cc1C(NN)c1cc(Cl)cc(Cl)c1. The lowest BCUT2D eigenvalue weighted by molar-refractivity contribution is 0.404. The number of hydrogen-bond donors (Lipinski definition) is 2. The van der Waals surface area contributed by atoms with E-state index in [2.05, 4.69) is 5.43 Å². The smallest absolute Gasteiger partial charge is 0.124 e. The lowest BCUT2D eigenvalue weighted by atomic mass is 9.97. The molecular formula is C15H16Cl2N2O. The monoisotopic (exact) mass is 310 g/mol. The topological polar surface area (TPSA) is 47.3 Å². The van der Waals surface area contributed by atoms with Crippen LogP contribution in [0.15, 0.2) is 36.4 Å². The van der Waals surface area contributed by atoms with Crippen molar-refractivity contribution in [3.8, 4) is 5.75 Å². The molecule has 0 saturated heterocycles. The number of benzene rings is 2. The van der Waals surface area contributed by atoms with E-state index >= 15 is 0 Å². The molecule has 0 fully saturated rings. The van der Waals surface area contributed by atoms with Crippen LogP contribution in [0.4, 0.5) is 0 Å². The summed E-state index contributed by atoms with van der Waals surface area (Å²) < 4.78 is 5.40. The molecule has 0 aliphatic heterocycles. The van der Waals surface area contributed by atoms with Crippen LogP contribution in [0.25, 0.3) is 0 Å². The third-order valence-electron chi connectivity index (χ3n) is 3.08. The summed E-state index contributed by atoms with van der Waals surface area (Å²) in [5, 5.41) is 1.14. The molecule has 0 aliphatic carbocycles. The first-order valence-corrected chi connectivity index (χ1v) is 6.87. The Hall–Kier alpha value is -1.26. The third-order valence-corrected chi connectivity index (χ3v) is 3.52. The van der Waals surface area contributed by atoms with E-state index in [0.29, 0.717) is 10.0 Å². The van der Waals surface area contributed by atoms with Gasteiger partial charge in [-0.1, -0.05) is 40.9 Å². The summed E-state index contributed by atoms with van der Waals surface area (Å²) in [6.45, 7) is 2.02. The summed E-state index contributed by atoms with van der Waals surface area (Å²) in [4.78, 5) is 0. The second kappa shape index (κ2) is 6.46. The molecule has 2 rings (SSSR count). The second-order valence-electron chi connectivity index (χ2n) is 4.55. The lowest BCUT2D eigenvalue weighted by Crippen LogP contribution is -2.29. The van der Waals surface area contributed by atoms with E-state index < -0.39 is 0 Å². The molecule has 0 heterocycles. The fraction of sp³-hybridized carbons (Fsp3) is 0.200. The molecule has 1 unspecified atom stereocenters. The first-order valence-electron chi connectivity index (χ1n) is 6.12. The molecule has 106 valence electrons. The second-order valence-corrected chi connectivity index (χ2v) is 5.42. The first-order chi connectivity index (χ1) is 9.55. The number of nitrogens with two attached hydrogens (primary N) is 1. The highest BCUT2D eigenvalue weighted by molar-refractivity contribution is 6.34. The Balaban J connectivity index is 2.54. The summed E-state index contributed by atoms with van der Waals surface area (Å²) in [6, 6.07) is 11.0. The first kappa shape index (κ1) is 15.1. The van der Waals surface area contributed by atoms with Gasteiger partial charge in [0.2, 0.25) is 0 Å². The van der Waals surface area contributed by atoms with Crippen molar-refractivity contribution in [2.75, 3.05) is 7.11 Å². The number of halogens is 2. The molecule has 3 nitrogen and oxygen atoms in total. The number of methoxy groups -OCH3 is 1. The van der Waals surface area contributed by atoms with Crippen molar-refractivity contribution < 1.29 is 4.74 Å². The number of hydrogen-bond acceptors (Lipinski definition) is 3. The van der Waals surface area contributed by atoms with E-state index in [0.717, 1.165) is 22.4 Å². The zero-order valence-corrected chi connectivity index (χ0v) is 12.8. The number of aryl methyl sites for hydroxylation is 1. The molecule has 0 radical (unpaired) electrons. The zero-order valence-electron chi connectivity index (χ0n) is 11.3. The third kappa shape index (κ3) is 3.25. The van der Waals surface area contributed by atoms with Crippen LogP contribution >= 0.6 is 23.2 Å². The van der Waals surface area contributed by atoms with E-state index in [1.165, 1.54) is 0 Å². The molecule has 0 bridgehead atoms. The predicted octanol–water partition coefficient (Wildman–Crippen LogP) is 3.86. The zero-order chi connectivity index (χ0) is 14.7. The van der Waals surface area contributed by atoms with Gasteiger partial charge in [0.25, 0.3) is 0 Å². The van der Waals surface area contributed by atoms with E-state index in [9.17, 15) is 0 Å². The van der Waals surface area contributed by atoms with Gasteiger partial charge in [0.15, 0.2) is 0 Å². The van der Waals surface area contributed by atoms with Gasteiger partial charge in [0.05, 0.1) is 13.2 Å². The molecule has 2 aromatic rings. The van der Waals surface area contributed by atoms with Crippen molar-refractivity contribution in [2.45, 2.75) is 13.0 Å². The number of nitrogens with one attached hydrogen (secondary N) is 1. The summed E-state index contributed by atoms with van der Waals surface area (Å²) in [7, 11) is 1.63. The molecule has 2 aromatic carbocycles. The maximum atomic E-state index is 6.06. The summed E-state index contributed by atoms with van der Waals surface area (Å²) in [5.41, 5.74) is 5.73. The van der Waals surface area contributed by atoms with Crippen LogP contribution < -0.4 is 16.0 Å². The van der Waals surface area contributed by atoms with E-state index in [1.807, 2.05) is 37.3 Å². The van der Waals surface area contributed by atoms with Crippen molar-refractivity contribution in [2.24, 2.45) is 5.84 Å². The van der Waals surface area contributed by atoms with Crippen LogP contribution in [-0.2, 0) is 0 Å². The standard InChI is InChI=1S/C15H16Cl2N2O/c1-9-3-4-14(20-2)13(5-9)15(19-18)10-6-11(16)8-12(17)7-10/h3-8,15,19H,18H2,1-2H3. The van der Waals surface area contributed by atoms with Crippen LogP contribution in [0.5, 0.6) is 5.75 Å². The predicted molar refractivity (Wildman–Crippen MR) is 83.4 cm³/mol. The summed E-state index contributed by atoms with van der Waals surface area (Å²) >= 11 is 12.1. The van der Waals surface area contributed by atoms with Gasteiger partial charge in [-0.3, -0.25) is 5.84 Å². The van der Waals surface area contributed by atoms with Crippen molar-refractivity contribution in [1.82, 2.24) is 5.43 Å². The highest BCUT2D eigenvalue weighted by Gasteiger charge is 2.18. The average Bonchev–Trinajstić information content (AvgIpc) is 2.39. The minimum atomic E-state index is -0.249. The quantitative estimate of drug-likeness (QED) is 0.666. The molecule has 0 spiro atoms. The van der Waals surface area contributed by atoms with Crippen LogP contribution in [0.3, 0.4) is 0 Å². The number of rotatable bonds is 4. The normalized spacial score (nSPS) is 12.2. The molecule has 0 aromatic heterocycles. The molecule has 3 N–H and O–H groups in total. The molecular weight excluding hydrogens is 295 g/mol. The Bertz CT molecular complexity index is 597. The highest BCUT2D eigenvalue weighted by Crippen LogP contribution is 2.32. The van der Waals surface area contributed by atoms with Crippen LogP contribution in [-0.4, -0.2) is 7.11 Å². The van der Waals surface area contributed by atoms with Crippen molar-refractivity contribution in [3.63, 3.8) is 0 Å². The average molecular weight is 311 g/mol. The lowest BCUT2D eigenvalue weighted by Gasteiger charge is -2.20. The van der Waals surface area contributed by atoms with Crippen molar-refractivity contribution in [3.05, 3.63) is 63.1 Å². The Kier molecular flexibility index (Phi) is 4.89. The van der Waals surface area contributed by atoms with Crippen molar-refractivity contribution in [1.29, 1.82) is 0 Å². The fourth-order valence-corrected chi connectivity index (χ4v) is 2.73. The van der Waals surface area contributed by atoms with Gasteiger partial charge in [-0.2, -0.15) is 0 Å². The Morgan fingerprint density at radius 1 is 1.10 bits per heavy atom. The van der Waals surface area contributed by atoms with Gasteiger partial charge >= 0.3 is 0 Å². The summed E-state index contributed by atoms with van der Waals surface area (Å²) in [6.07, 6.45) is 0. The largest absolute Gasteiger partial charge is 0.496 e. The highest BCUT2D eigenvalue weighted by atomic mass is 35.5. The van der Waals surface area contributed by atoms with Crippen LogP contribution in [0, 0.1) is 6.92 Å². The summed E-state index contributed by atoms with van der Waals surface area (Å²) in [5.74, 6) is 6.48. The molecule has 20 heavy (non-hydrogen) atoms. The molecule has 0 saturated carbocycles. The maximum Gasteiger partial charge on any atom is 0.124 e. The van der Waals surface area contributed by atoms with E-state index in [4.69, 9.17) is 33.8 Å². The van der Waals surface area contributed by atoms with Gasteiger partial charge in [0, 0.05) is 15.6 Å². The molecule has 5 heteroatoms. The van der Waals surface area contributed by atoms with Crippen LogP contribution in [0.2, 0.25) is 10.0 Å².